The van der Waals surface area contributed by atoms with E-state index in [0.717, 1.165) is 25.6 Å². The van der Waals surface area contributed by atoms with Gasteiger partial charge in [0.15, 0.2) is 0 Å². The van der Waals surface area contributed by atoms with Gasteiger partial charge in [0.25, 0.3) is 0 Å². The second-order valence-corrected chi connectivity index (χ2v) is 3.80. The van der Waals surface area contributed by atoms with Gasteiger partial charge in [-0.3, -0.25) is 0 Å². The Bertz CT molecular complexity index is 321. The van der Waals surface area contributed by atoms with E-state index in [1.165, 1.54) is 12.1 Å². The average Bonchev–Trinajstić information content (AvgIpc) is 2.08. The lowest BCUT2D eigenvalue weighted by Crippen LogP contribution is -2.42. The van der Waals surface area contributed by atoms with Crippen LogP contribution in [-0.4, -0.2) is 13.1 Å². The molecule has 0 unspecified atom stereocenters. The fourth-order valence-corrected chi connectivity index (χ4v) is 1.65. The second kappa shape index (κ2) is 4.05. The van der Waals surface area contributed by atoms with E-state index in [4.69, 9.17) is 0 Å². The average molecular weight is 197 g/mol. The zero-order valence-corrected chi connectivity index (χ0v) is 7.89. The fourth-order valence-electron chi connectivity index (χ4n) is 1.65. The summed E-state index contributed by atoms with van der Waals surface area (Å²) in [5.41, 5.74) is 0.497. The van der Waals surface area contributed by atoms with Crippen molar-refractivity contribution < 1.29 is 8.78 Å². The number of rotatable bonds is 3. The number of hydrogen-bond donors (Lipinski definition) is 1. The van der Waals surface area contributed by atoms with E-state index in [1.54, 1.807) is 0 Å². The SMILES string of the molecule is Fc1ccc(F)c(CCC2CNC2)c1. The molecule has 0 saturated carbocycles. The van der Waals surface area contributed by atoms with Gasteiger partial charge < -0.3 is 5.32 Å². The second-order valence-electron chi connectivity index (χ2n) is 3.80. The van der Waals surface area contributed by atoms with Gasteiger partial charge in [-0.25, -0.2) is 8.78 Å². The van der Waals surface area contributed by atoms with Crippen LogP contribution in [0.25, 0.3) is 0 Å². The third kappa shape index (κ3) is 2.10. The summed E-state index contributed by atoms with van der Waals surface area (Å²) in [7, 11) is 0. The molecule has 1 aromatic carbocycles. The predicted octanol–water partition coefficient (Wildman–Crippen LogP) is 2.12. The number of aryl methyl sites for hydroxylation is 1. The molecule has 1 heterocycles. The molecule has 3 heteroatoms. The van der Waals surface area contributed by atoms with Crippen molar-refractivity contribution in [3.63, 3.8) is 0 Å². The van der Waals surface area contributed by atoms with Gasteiger partial charge in [-0.05, 0) is 55.6 Å². The molecule has 1 aromatic rings. The summed E-state index contributed by atoms with van der Waals surface area (Å²) < 4.78 is 25.9. The van der Waals surface area contributed by atoms with E-state index in [9.17, 15) is 8.78 Å². The lowest BCUT2D eigenvalue weighted by atomic mass is 9.94. The molecule has 1 nitrogen and oxygen atoms in total. The van der Waals surface area contributed by atoms with E-state index in [-0.39, 0.29) is 11.6 Å². The van der Waals surface area contributed by atoms with E-state index in [1.807, 2.05) is 0 Å². The van der Waals surface area contributed by atoms with E-state index in [0.29, 0.717) is 17.9 Å². The molecule has 0 atom stereocenters. The van der Waals surface area contributed by atoms with Crippen LogP contribution in [0.2, 0.25) is 0 Å². The molecule has 0 spiro atoms. The van der Waals surface area contributed by atoms with Gasteiger partial charge in [0.1, 0.15) is 11.6 Å². The molecular formula is C11H13F2N. The van der Waals surface area contributed by atoms with Crippen molar-refractivity contribution in [2.45, 2.75) is 12.8 Å². The molecule has 0 amide bonds. The van der Waals surface area contributed by atoms with E-state index >= 15 is 0 Å². The minimum Gasteiger partial charge on any atom is -0.316 e. The van der Waals surface area contributed by atoms with Crippen LogP contribution in [0, 0.1) is 17.6 Å². The highest BCUT2D eigenvalue weighted by molar-refractivity contribution is 5.18. The predicted molar refractivity (Wildman–Crippen MR) is 51.0 cm³/mol. The van der Waals surface area contributed by atoms with Crippen molar-refractivity contribution in [1.82, 2.24) is 5.32 Å². The van der Waals surface area contributed by atoms with Crippen molar-refractivity contribution in [1.29, 1.82) is 0 Å². The Labute approximate surface area is 82.1 Å². The molecule has 0 aromatic heterocycles. The monoisotopic (exact) mass is 197 g/mol. The van der Waals surface area contributed by atoms with E-state index in [2.05, 4.69) is 5.32 Å². The van der Waals surface area contributed by atoms with Crippen LogP contribution >= 0.6 is 0 Å². The molecule has 1 aliphatic rings. The van der Waals surface area contributed by atoms with Crippen LogP contribution in [0.4, 0.5) is 8.78 Å². The quantitative estimate of drug-likeness (QED) is 0.782. The maximum Gasteiger partial charge on any atom is 0.126 e. The molecule has 1 aliphatic heterocycles. The summed E-state index contributed by atoms with van der Waals surface area (Å²) >= 11 is 0. The van der Waals surface area contributed by atoms with Crippen molar-refractivity contribution in [2.24, 2.45) is 5.92 Å². The van der Waals surface area contributed by atoms with Crippen LogP contribution in [0.3, 0.4) is 0 Å². The lowest BCUT2D eigenvalue weighted by molar-refractivity contribution is 0.326. The standard InChI is InChI=1S/C11H13F2N/c12-10-3-4-11(13)9(5-10)2-1-8-6-14-7-8/h3-5,8,14H,1-2,6-7H2. The van der Waals surface area contributed by atoms with Gasteiger partial charge in [0.05, 0.1) is 0 Å². The Morgan fingerprint density at radius 3 is 2.71 bits per heavy atom. The van der Waals surface area contributed by atoms with Gasteiger partial charge in [0.2, 0.25) is 0 Å². The number of nitrogens with one attached hydrogen (secondary N) is 1. The number of halogens is 2. The molecule has 1 fully saturated rings. The van der Waals surface area contributed by atoms with Gasteiger partial charge in [-0.2, -0.15) is 0 Å². The summed E-state index contributed by atoms with van der Waals surface area (Å²) in [6.45, 7) is 2.02. The smallest absolute Gasteiger partial charge is 0.126 e. The minimum absolute atomic E-state index is 0.293. The summed E-state index contributed by atoms with van der Waals surface area (Å²) in [4.78, 5) is 0. The van der Waals surface area contributed by atoms with Gasteiger partial charge >= 0.3 is 0 Å². The van der Waals surface area contributed by atoms with Crippen LogP contribution in [-0.2, 0) is 6.42 Å². The first kappa shape index (κ1) is 9.59. The van der Waals surface area contributed by atoms with Gasteiger partial charge in [-0.1, -0.05) is 0 Å². The molecule has 2 rings (SSSR count). The largest absolute Gasteiger partial charge is 0.316 e. The molecule has 0 aliphatic carbocycles. The highest BCUT2D eigenvalue weighted by Gasteiger charge is 2.16. The van der Waals surface area contributed by atoms with Crippen molar-refractivity contribution in [2.75, 3.05) is 13.1 Å². The molecule has 1 saturated heterocycles. The van der Waals surface area contributed by atoms with Crippen molar-refractivity contribution in [3.05, 3.63) is 35.4 Å². The summed E-state index contributed by atoms with van der Waals surface area (Å²) in [5, 5.41) is 3.16. The topological polar surface area (TPSA) is 12.0 Å². The number of benzene rings is 1. The van der Waals surface area contributed by atoms with Gasteiger partial charge in [0, 0.05) is 0 Å². The zero-order valence-electron chi connectivity index (χ0n) is 7.89. The minimum atomic E-state index is -0.354. The third-order valence-corrected chi connectivity index (χ3v) is 2.70. The molecule has 76 valence electrons. The summed E-state index contributed by atoms with van der Waals surface area (Å²) in [5.74, 6) is -0.00974. The number of hydrogen-bond acceptors (Lipinski definition) is 1. The normalized spacial score (nSPS) is 16.7. The van der Waals surface area contributed by atoms with Crippen molar-refractivity contribution >= 4 is 0 Å². The Balaban J connectivity index is 1.96. The Morgan fingerprint density at radius 1 is 1.29 bits per heavy atom. The van der Waals surface area contributed by atoms with E-state index < -0.39 is 0 Å². The Kier molecular flexibility index (Phi) is 2.77. The lowest BCUT2D eigenvalue weighted by Gasteiger charge is -2.26. The molecule has 0 bridgehead atoms. The zero-order chi connectivity index (χ0) is 9.97. The van der Waals surface area contributed by atoms with Crippen molar-refractivity contribution in [3.8, 4) is 0 Å². The van der Waals surface area contributed by atoms with Crippen LogP contribution in [0.15, 0.2) is 18.2 Å². The first-order chi connectivity index (χ1) is 6.75. The summed E-state index contributed by atoms with van der Waals surface area (Å²) in [6.07, 6.45) is 1.57. The molecule has 1 N–H and O–H groups in total. The van der Waals surface area contributed by atoms with Gasteiger partial charge in [-0.15, -0.1) is 0 Å². The Hall–Kier alpha value is -0.960. The molecule has 0 radical (unpaired) electrons. The first-order valence-corrected chi connectivity index (χ1v) is 4.90. The maximum absolute atomic E-state index is 13.2. The van der Waals surface area contributed by atoms with Crippen LogP contribution in [0.1, 0.15) is 12.0 Å². The fraction of sp³-hybridized carbons (Fsp3) is 0.455. The third-order valence-electron chi connectivity index (χ3n) is 2.70. The van der Waals surface area contributed by atoms with Crippen LogP contribution < -0.4 is 5.32 Å². The first-order valence-electron chi connectivity index (χ1n) is 4.90. The summed E-state index contributed by atoms with van der Waals surface area (Å²) in [6, 6.07) is 3.65. The molecule has 14 heavy (non-hydrogen) atoms. The van der Waals surface area contributed by atoms with Crippen LogP contribution in [0.5, 0.6) is 0 Å². The maximum atomic E-state index is 13.2. The Morgan fingerprint density at radius 2 is 2.07 bits per heavy atom. The highest BCUT2D eigenvalue weighted by Crippen LogP contribution is 2.16. The molecular weight excluding hydrogens is 184 g/mol. The highest BCUT2D eigenvalue weighted by atomic mass is 19.1.